The summed E-state index contributed by atoms with van der Waals surface area (Å²) in [6, 6.07) is 0. The molecule has 3 nitrogen and oxygen atoms in total. The lowest BCUT2D eigenvalue weighted by Gasteiger charge is -2.13. The van der Waals surface area contributed by atoms with Crippen LogP contribution >= 0.6 is 0 Å². The van der Waals surface area contributed by atoms with E-state index in [0.29, 0.717) is 0 Å². The number of rotatable bonds is 3. The summed E-state index contributed by atoms with van der Waals surface area (Å²) in [5.74, 6) is 0. The third-order valence-electron chi connectivity index (χ3n) is 0.646. The summed E-state index contributed by atoms with van der Waals surface area (Å²) in [7, 11) is 0. The van der Waals surface area contributed by atoms with E-state index in [1.54, 1.807) is 0 Å². The summed E-state index contributed by atoms with van der Waals surface area (Å²) in [6.07, 6.45) is -11.3. The predicted octanol–water partition coefficient (Wildman–Crippen LogP) is 1.92. The SMILES string of the molecule is O=C(OCF)OC(F)(F)C(F)F. The van der Waals surface area contributed by atoms with Gasteiger partial charge in [-0.25, -0.2) is 9.18 Å². The first-order chi connectivity index (χ1) is 5.40. The lowest BCUT2D eigenvalue weighted by atomic mass is 10.7. The summed E-state index contributed by atoms with van der Waals surface area (Å²) in [4.78, 5) is 9.87. The average Bonchev–Trinajstić information content (AvgIpc) is 1.85. The molecule has 0 N–H and O–H groups in total. The lowest BCUT2D eigenvalue weighted by Crippen LogP contribution is -2.33. The number of carbonyl (C=O) groups excluding carboxylic acids is 1. The monoisotopic (exact) mass is 194 g/mol. The highest BCUT2D eigenvalue weighted by atomic mass is 19.3. The van der Waals surface area contributed by atoms with Crippen molar-refractivity contribution in [2.45, 2.75) is 12.5 Å². The van der Waals surface area contributed by atoms with Gasteiger partial charge in [0.1, 0.15) is 0 Å². The number of alkyl halides is 5. The molecule has 0 aliphatic rings. The number of halogens is 5. The Hall–Kier alpha value is -1.08. The number of ether oxygens (including phenoxy) is 2. The van der Waals surface area contributed by atoms with Crippen molar-refractivity contribution in [3.8, 4) is 0 Å². The molecule has 0 amide bonds. The first-order valence-electron chi connectivity index (χ1n) is 2.48. The highest BCUT2D eigenvalue weighted by Gasteiger charge is 2.46. The van der Waals surface area contributed by atoms with E-state index in [1.165, 1.54) is 0 Å². The van der Waals surface area contributed by atoms with Gasteiger partial charge in [-0.05, 0) is 0 Å². The Labute approximate surface area is 63.1 Å². The van der Waals surface area contributed by atoms with E-state index in [1.807, 2.05) is 0 Å². The Morgan fingerprint density at radius 3 is 2.25 bits per heavy atom. The van der Waals surface area contributed by atoms with Gasteiger partial charge in [0, 0.05) is 0 Å². The molecule has 0 fully saturated rings. The van der Waals surface area contributed by atoms with Crippen molar-refractivity contribution in [1.29, 1.82) is 0 Å². The molecule has 0 heterocycles. The van der Waals surface area contributed by atoms with Crippen molar-refractivity contribution in [1.82, 2.24) is 0 Å². The Morgan fingerprint density at radius 1 is 1.42 bits per heavy atom. The first-order valence-corrected chi connectivity index (χ1v) is 2.48. The third-order valence-corrected chi connectivity index (χ3v) is 0.646. The Kier molecular flexibility index (Phi) is 3.71. The van der Waals surface area contributed by atoms with Crippen LogP contribution in [-0.4, -0.2) is 25.6 Å². The molecule has 0 aromatic heterocycles. The minimum atomic E-state index is -4.95. The van der Waals surface area contributed by atoms with Gasteiger partial charge in [-0.1, -0.05) is 0 Å². The molecule has 0 spiro atoms. The second kappa shape index (κ2) is 4.07. The highest BCUT2D eigenvalue weighted by molar-refractivity contribution is 5.60. The Balaban J connectivity index is 3.97. The molecule has 0 saturated heterocycles. The van der Waals surface area contributed by atoms with Crippen LogP contribution in [0, 0.1) is 0 Å². The lowest BCUT2D eigenvalue weighted by molar-refractivity contribution is -0.277. The largest absolute Gasteiger partial charge is 0.515 e. The standard InChI is InChI=1S/C4H3F5O3/c5-1-11-3(10)12-4(8,9)2(6)7/h2H,1H2. The van der Waals surface area contributed by atoms with Crippen LogP contribution in [0.3, 0.4) is 0 Å². The topological polar surface area (TPSA) is 35.5 Å². The third kappa shape index (κ3) is 3.35. The fourth-order valence-electron chi connectivity index (χ4n) is 0.230. The van der Waals surface area contributed by atoms with Gasteiger partial charge < -0.3 is 9.47 Å². The van der Waals surface area contributed by atoms with Crippen LogP contribution in [0.25, 0.3) is 0 Å². The molecule has 72 valence electrons. The van der Waals surface area contributed by atoms with Gasteiger partial charge in [-0.15, -0.1) is 0 Å². The van der Waals surface area contributed by atoms with Gasteiger partial charge in [0.25, 0.3) is 0 Å². The first kappa shape index (κ1) is 10.9. The van der Waals surface area contributed by atoms with E-state index < -0.39 is 25.6 Å². The summed E-state index contributed by atoms with van der Waals surface area (Å²) >= 11 is 0. The fraction of sp³-hybridized carbons (Fsp3) is 0.750. The zero-order valence-corrected chi connectivity index (χ0v) is 5.40. The molecule has 0 aromatic rings. The maximum atomic E-state index is 11.7. The van der Waals surface area contributed by atoms with Crippen LogP contribution in [0.4, 0.5) is 26.7 Å². The van der Waals surface area contributed by atoms with Crippen molar-refractivity contribution < 1.29 is 36.2 Å². The molecular formula is C4H3F5O3. The molecule has 0 unspecified atom stereocenters. The molecule has 0 bridgehead atoms. The molecule has 0 atom stereocenters. The molecule has 12 heavy (non-hydrogen) atoms. The van der Waals surface area contributed by atoms with Gasteiger partial charge in [-0.2, -0.15) is 17.6 Å². The second-order valence-electron chi connectivity index (χ2n) is 1.47. The molecular weight excluding hydrogens is 191 g/mol. The van der Waals surface area contributed by atoms with Crippen LogP contribution < -0.4 is 0 Å². The van der Waals surface area contributed by atoms with Crippen molar-refractivity contribution >= 4 is 6.16 Å². The molecule has 0 saturated carbocycles. The van der Waals surface area contributed by atoms with Crippen molar-refractivity contribution in [2.75, 3.05) is 6.86 Å². The van der Waals surface area contributed by atoms with Crippen molar-refractivity contribution in [3.63, 3.8) is 0 Å². The summed E-state index contributed by atoms with van der Waals surface area (Å²) in [5.41, 5.74) is 0. The van der Waals surface area contributed by atoms with E-state index in [0.717, 1.165) is 0 Å². The molecule has 0 rings (SSSR count). The van der Waals surface area contributed by atoms with E-state index >= 15 is 0 Å². The minimum Gasteiger partial charge on any atom is -0.402 e. The van der Waals surface area contributed by atoms with Crippen LogP contribution in [0.1, 0.15) is 0 Å². The number of carbonyl (C=O) groups is 1. The number of hydrogen-bond acceptors (Lipinski definition) is 3. The van der Waals surface area contributed by atoms with Crippen LogP contribution in [0.2, 0.25) is 0 Å². The normalized spacial score (nSPS) is 11.5. The van der Waals surface area contributed by atoms with Crippen LogP contribution in [0.5, 0.6) is 0 Å². The highest BCUT2D eigenvalue weighted by Crippen LogP contribution is 2.24. The smallest absolute Gasteiger partial charge is 0.402 e. The fourth-order valence-corrected chi connectivity index (χ4v) is 0.230. The molecule has 8 heteroatoms. The predicted molar refractivity (Wildman–Crippen MR) is 24.5 cm³/mol. The second-order valence-corrected chi connectivity index (χ2v) is 1.47. The quantitative estimate of drug-likeness (QED) is 0.508. The van der Waals surface area contributed by atoms with Crippen LogP contribution in [-0.2, 0) is 9.47 Å². The van der Waals surface area contributed by atoms with Gasteiger partial charge >= 0.3 is 18.7 Å². The number of hydrogen-bond donors (Lipinski definition) is 0. The van der Waals surface area contributed by atoms with E-state index in [2.05, 4.69) is 9.47 Å². The van der Waals surface area contributed by atoms with Crippen LogP contribution in [0.15, 0.2) is 0 Å². The Bertz CT molecular complexity index is 159. The van der Waals surface area contributed by atoms with E-state index in [9.17, 15) is 26.7 Å². The van der Waals surface area contributed by atoms with Gasteiger partial charge in [-0.3, -0.25) is 0 Å². The van der Waals surface area contributed by atoms with Crippen molar-refractivity contribution in [3.05, 3.63) is 0 Å². The van der Waals surface area contributed by atoms with Gasteiger partial charge in [0.2, 0.25) is 6.86 Å². The van der Waals surface area contributed by atoms with E-state index in [-0.39, 0.29) is 0 Å². The molecule has 0 aliphatic carbocycles. The maximum Gasteiger partial charge on any atom is 0.515 e. The summed E-state index contributed by atoms with van der Waals surface area (Å²) in [5, 5.41) is 0. The zero-order valence-electron chi connectivity index (χ0n) is 5.40. The Morgan fingerprint density at radius 2 is 1.92 bits per heavy atom. The van der Waals surface area contributed by atoms with Crippen molar-refractivity contribution in [2.24, 2.45) is 0 Å². The van der Waals surface area contributed by atoms with Gasteiger partial charge in [0.05, 0.1) is 0 Å². The summed E-state index contributed by atoms with van der Waals surface area (Å²) in [6.45, 7) is -1.72. The minimum absolute atomic E-state index is 1.72. The van der Waals surface area contributed by atoms with Gasteiger partial charge in [0.15, 0.2) is 0 Å². The average molecular weight is 194 g/mol. The summed E-state index contributed by atoms with van der Waals surface area (Å²) < 4.78 is 62.9. The molecule has 0 radical (unpaired) electrons. The zero-order chi connectivity index (χ0) is 9.78. The molecule has 0 aliphatic heterocycles. The maximum absolute atomic E-state index is 11.7. The molecule has 0 aromatic carbocycles. The van der Waals surface area contributed by atoms with E-state index in [4.69, 9.17) is 0 Å².